The summed E-state index contributed by atoms with van der Waals surface area (Å²) in [6.07, 6.45) is 3.19. The first kappa shape index (κ1) is 31.3. The number of hydrogen-bond donors (Lipinski definition) is 5. The summed E-state index contributed by atoms with van der Waals surface area (Å²) in [5.41, 5.74) is 10.8. The molecule has 2 aliphatic rings. The van der Waals surface area contributed by atoms with Crippen LogP contribution in [0.1, 0.15) is 5.69 Å². The van der Waals surface area contributed by atoms with E-state index in [1.807, 2.05) is 0 Å². The van der Waals surface area contributed by atoms with Gasteiger partial charge in [-0.3, -0.25) is 19.5 Å². The second-order valence-electron chi connectivity index (χ2n) is 8.25. The number of aliphatic hydroxyl groups excluding tert-OH is 1. The zero-order valence-corrected chi connectivity index (χ0v) is 24.9. The van der Waals surface area contributed by atoms with E-state index in [1.165, 1.54) is 35.3 Å². The second-order valence-corrected chi connectivity index (χ2v) is 13.2. The molecule has 1 saturated heterocycles. The molecule has 2 amide bonds. The van der Waals surface area contributed by atoms with Crippen molar-refractivity contribution in [3.63, 3.8) is 0 Å². The number of carbonyl (C=O) groups is 3. The predicted molar refractivity (Wildman–Crippen MR) is 156 cm³/mol. The van der Waals surface area contributed by atoms with Crippen molar-refractivity contribution in [1.82, 2.24) is 20.2 Å². The van der Waals surface area contributed by atoms with E-state index in [1.54, 1.807) is 18.5 Å². The lowest BCUT2D eigenvalue weighted by atomic mass is 10.0. The summed E-state index contributed by atoms with van der Waals surface area (Å²) >= 11 is 10.8. The summed E-state index contributed by atoms with van der Waals surface area (Å²) in [5, 5.41) is 24.8. The van der Waals surface area contributed by atoms with Crippen LogP contribution in [0.15, 0.2) is 44.0 Å². The van der Waals surface area contributed by atoms with Crippen molar-refractivity contribution >= 4 is 86.9 Å². The third kappa shape index (κ3) is 7.07. The van der Waals surface area contributed by atoms with Crippen molar-refractivity contribution in [1.29, 1.82) is 0 Å². The number of oxime groups is 1. The number of halogens is 2. The van der Waals surface area contributed by atoms with Gasteiger partial charge in [0.25, 0.3) is 11.8 Å². The van der Waals surface area contributed by atoms with Crippen molar-refractivity contribution < 1.29 is 33.8 Å². The predicted octanol–water partition coefficient (Wildman–Crippen LogP) is 1.36. The molecule has 0 saturated carbocycles. The van der Waals surface area contributed by atoms with Gasteiger partial charge in [-0.2, -0.15) is 0 Å². The van der Waals surface area contributed by atoms with Crippen molar-refractivity contribution in [2.45, 2.75) is 27.2 Å². The van der Waals surface area contributed by atoms with E-state index in [2.05, 4.69) is 20.4 Å². The van der Waals surface area contributed by atoms with Crippen molar-refractivity contribution in [3.05, 3.63) is 39.1 Å². The zero-order valence-electron chi connectivity index (χ0n) is 20.9. The van der Waals surface area contributed by atoms with E-state index in [0.29, 0.717) is 15.6 Å². The number of thioether (sulfide) groups is 3. The third-order valence-electron chi connectivity index (χ3n) is 5.46. The van der Waals surface area contributed by atoms with Crippen LogP contribution in [0.2, 0.25) is 4.34 Å². The molecule has 4 heterocycles. The van der Waals surface area contributed by atoms with Gasteiger partial charge in [0.1, 0.15) is 40.4 Å². The molecule has 1 fully saturated rings. The number of thiazole rings is 1. The highest BCUT2D eigenvalue weighted by atomic mass is 35.5. The van der Waals surface area contributed by atoms with Gasteiger partial charge in [-0.1, -0.05) is 39.9 Å². The molecular formula is C22H23ClFN7O6S4. The number of alkyl halides is 1. The molecular weight excluding hydrogens is 641 g/mol. The maximum Gasteiger partial charge on any atom is 0.353 e. The van der Waals surface area contributed by atoms with Crippen LogP contribution in [0.25, 0.3) is 0 Å². The molecule has 19 heteroatoms. The average Bonchev–Trinajstić information content (AvgIpc) is 3.29. The highest BCUT2D eigenvalue weighted by molar-refractivity contribution is 8.07. The lowest BCUT2D eigenvalue weighted by Crippen LogP contribution is -2.71. The molecule has 3 atom stereocenters. The number of nitrogens with two attached hydrogens (primary N) is 2. The molecule has 1 unspecified atom stereocenters. The van der Waals surface area contributed by atoms with Gasteiger partial charge in [-0.25, -0.2) is 14.2 Å². The van der Waals surface area contributed by atoms with E-state index < -0.39 is 54.2 Å². The molecule has 41 heavy (non-hydrogen) atoms. The minimum atomic E-state index is -1.30. The van der Waals surface area contributed by atoms with E-state index in [0.717, 1.165) is 21.1 Å². The first-order chi connectivity index (χ1) is 19.7. The monoisotopic (exact) mass is 663 g/mol. The number of aliphatic carboxylic acids is 1. The number of nitrogen functional groups attached to an aromatic ring is 1. The third-order valence-corrected chi connectivity index (χ3v) is 10.5. The van der Waals surface area contributed by atoms with Crippen LogP contribution in [0.5, 0.6) is 0 Å². The summed E-state index contributed by atoms with van der Waals surface area (Å²) in [6, 6.07) is 0.207. The van der Waals surface area contributed by atoms with Crippen LogP contribution in [0.3, 0.4) is 0 Å². The minimum absolute atomic E-state index is 0.0404. The molecule has 2 aliphatic heterocycles. The Morgan fingerprint density at radius 2 is 2.20 bits per heavy atom. The van der Waals surface area contributed by atoms with E-state index >= 15 is 0 Å². The average molecular weight is 664 g/mol. The fraction of sp³-hybridized carbons (Fsp3) is 0.364. The molecule has 220 valence electrons. The number of nitrogens with one attached hydrogen (secondary N) is 1. The second kappa shape index (κ2) is 14.0. The molecule has 0 aromatic carbocycles. The number of rotatable bonds is 13. The number of β-lactam (4-membered cyclic amide) rings is 1. The number of pyridine rings is 1. The zero-order chi connectivity index (χ0) is 29.7. The van der Waals surface area contributed by atoms with Gasteiger partial charge < -0.3 is 31.8 Å². The number of amides is 2. The number of aromatic nitrogens is 2. The number of carboxylic acids is 1. The molecule has 0 bridgehead atoms. The van der Waals surface area contributed by atoms with E-state index in [-0.39, 0.29) is 33.2 Å². The van der Waals surface area contributed by atoms with Gasteiger partial charge in [-0.15, -0.1) is 23.5 Å². The molecule has 13 nitrogen and oxygen atoms in total. The highest BCUT2D eigenvalue weighted by Gasteiger charge is 2.54. The Labute approximate surface area is 254 Å². The van der Waals surface area contributed by atoms with Crippen LogP contribution in [0, 0.1) is 0 Å². The molecule has 0 aliphatic carbocycles. The lowest BCUT2D eigenvalue weighted by Gasteiger charge is -2.49. The first-order valence-corrected chi connectivity index (χ1v) is 15.7. The summed E-state index contributed by atoms with van der Waals surface area (Å²) < 4.78 is 12.6. The van der Waals surface area contributed by atoms with Gasteiger partial charge in [-0.05, 0) is 6.07 Å². The standard InChI is InChI=1S/C22H23ClFN7O6S4/c23-17-13(29-22(26)41-17)14(30-37-4-2-24)18(33)28-15-19(34)31-16(21(35)36)12(8-39-20(15)31)40-10-1-3-27-5-11(10)38-7-9(25)6-32/h1,3,5,9,15,20,32H,2,4,6-8,25H2,(H2,26,29)(H,28,33)(H,35,36)/b30-14-/t9?,15-,20-/m1/s1. The van der Waals surface area contributed by atoms with Crippen LogP contribution in [-0.2, 0) is 19.2 Å². The van der Waals surface area contributed by atoms with E-state index in [4.69, 9.17) is 27.9 Å². The largest absolute Gasteiger partial charge is 0.477 e. The molecule has 2 aromatic rings. The van der Waals surface area contributed by atoms with Gasteiger partial charge >= 0.3 is 5.97 Å². The number of fused-ring (bicyclic) bond motifs is 1. The Morgan fingerprint density at radius 3 is 2.85 bits per heavy atom. The van der Waals surface area contributed by atoms with E-state index in [9.17, 15) is 29.0 Å². The minimum Gasteiger partial charge on any atom is -0.477 e. The fourth-order valence-electron chi connectivity index (χ4n) is 3.62. The van der Waals surface area contributed by atoms with Crippen LogP contribution >= 0.6 is 58.2 Å². The van der Waals surface area contributed by atoms with Gasteiger partial charge in [0.15, 0.2) is 10.8 Å². The van der Waals surface area contributed by atoms with Crippen molar-refractivity contribution in [3.8, 4) is 0 Å². The van der Waals surface area contributed by atoms with Crippen molar-refractivity contribution in [2.24, 2.45) is 10.9 Å². The smallest absolute Gasteiger partial charge is 0.353 e. The SMILES string of the molecule is Nc1nc(/C(=N/OCCF)C(=O)N[C@@H]2C(=O)N3C(C(=O)O)=C(Sc4ccncc4SCC(N)CO)CS[C@H]23)c(Cl)s1. The fourth-order valence-corrected chi connectivity index (χ4v) is 8.16. The quantitative estimate of drug-likeness (QED) is 0.0676. The molecule has 0 radical (unpaired) electrons. The normalized spacial score (nSPS) is 19.5. The first-order valence-electron chi connectivity index (χ1n) is 11.7. The summed E-state index contributed by atoms with van der Waals surface area (Å²) in [7, 11) is 0. The Morgan fingerprint density at radius 1 is 1.41 bits per heavy atom. The van der Waals surface area contributed by atoms with Crippen LogP contribution in [-0.4, -0.2) is 97.4 Å². The molecule has 4 rings (SSSR count). The Bertz CT molecular complexity index is 1400. The number of nitrogens with zero attached hydrogens (tertiary/aromatic N) is 4. The number of carbonyl (C=O) groups excluding carboxylic acids is 2. The topological polar surface area (TPSA) is 206 Å². The number of aliphatic hydroxyl groups is 1. The maximum absolute atomic E-state index is 13.2. The summed E-state index contributed by atoms with van der Waals surface area (Å²) in [4.78, 5) is 54.5. The molecule has 0 spiro atoms. The van der Waals surface area contributed by atoms with Gasteiger partial charge in [0.2, 0.25) is 0 Å². The highest BCUT2D eigenvalue weighted by Crippen LogP contribution is 2.46. The maximum atomic E-state index is 13.2. The summed E-state index contributed by atoms with van der Waals surface area (Å²) in [5.74, 6) is -2.16. The summed E-state index contributed by atoms with van der Waals surface area (Å²) in [6.45, 7) is -1.47. The number of anilines is 1. The molecule has 7 N–H and O–H groups in total. The van der Waals surface area contributed by atoms with Crippen LogP contribution in [0.4, 0.5) is 9.52 Å². The Hall–Kier alpha value is -2.61. The molecule has 2 aromatic heterocycles. The van der Waals surface area contributed by atoms with Crippen molar-refractivity contribution in [2.75, 3.05) is 37.1 Å². The van der Waals surface area contributed by atoms with Gasteiger partial charge in [0.05, 0.1) is 6.61 Å². The Balaban J connectivity index is 1.53. The number of carboxylic acid groups (broad SMARTS) is 1. The number of hydrogen-bond acceptors (Lipinski definition) is 14. The Kier molecular flexibility index (Phi) is 10.7. The van der Waals surface area contributed by atoms with Gasteiger partial charge in [0, 0.05) is 44.6 Å². The lowest BCUT2D eigenvalue weighted by molar-refractivity contribution is -0.150. The van der Waals surface area contributed by atoms with Crippen LogP contribution < -0.4 is 16.8 Å².